The number of nitrogen functional groups attached to an aromatic ring is 1. The minimum absolute atomic E-state index is 0.364. The third-order valence-electron chi connectivity index (χ3n) is 3.99. The quantitative estimate of drug-likeness (QED) is 0.630. The summed E-state index contributed by atoms with van der Waals surface area (Å²) in [5.41, 5.74) is 6.77. The number of rotatable bonds is 6. The number of nitrogens with two attached hydrogens (primary N) is 1. The molecule has 0 aliphatic rings. The van der Waals surface area contributed by atoms with Crippen LogP contribution in [0.1, 0.15) is 37.0 Å². The molecule has 3 N–H and O–H groups in total. The standard InChI is InChI=1S/C19H24N2O3/c1-12(2)8-9-17(19(23)24-3)21-18(22)15-10-13-6-4-5-7-14(13)11-16(15)20/h4-7,10-12,17H,8-9,20H2,1-3H3,(H,21,22). The van der Waals surface area contributed by atoms with E-state index in [0.717, 1.165) is 17.2 Å². The summed E-state index contributed by atoms with van der Waals surface area (Å²) in [5, 5.41) is 4.64. The van der Waals surface area contributed by atoms with E-state index >= 15 is 0 Å². The minimum Gasteiger partial charge on any atom is -0.467 e. The van der Waals surface area contributed by atoms with Gasteiger partial charge in [0.05, 0.1) is 12.7 Å². The van der Waals surface area contributed by atoms with Gasteiger partial charge < -0.3 is 15.8 Å². The number of carbonyl (C=O) groups excluding carboxylic acids is 2. The highest BCUT2D eigenvalue weighted by Crippen LogP contribution is 2.22. The number of anilines is 1. The maximum Gasteiger partial charge on any atom is 0.328 e. The van der Waals surface area contributed by atoms with Gasteiger partial charge in [0.1, 0.15) is 6.04 Å². The normalized spacial score (nSPS) is 12.2. The molecule has 0 saturated heterocycles. The topological polar surface area (TPSA) is 81.4 Å². The molecule has 0 aromatic heterocycles. The van der Waals surface area contributed by atoms with Gasteiger partial charge in [0.2, 0.25) is 0 Å². The molecule has 0 fully saturated rings. The van der Waals surface area contributed by atoms with Crippen molar-refractivity contribution in [1.29, 1.82) is 0 Å². The lowest BCUT2D eigenvalue weighted by Crippen LogP contribution is -2.41. The molecule has 0 aliphatic carbocycles. The molecular weight excluding hydrogens is 304 g/mol. The van der Waals surface area contributed by atoms with Crippen LogP contribution in [0.5, 0.6) is 0 Å². The number of benzene rings is 2. The number of carbonyl (C=O) groups is 2. The number of hydrogen-bond acceptors (Lipinski definition) is 4. The number of ether oxygens (including phenoxy) is 1. The molecule has 5 nitrogen and oxygen atoms in total. The number of nitrogens with one attached hydrogen (secondary N) is 1. The lowest BCUT2D eigenvalue weighted by Gasteiger charge is -2.18. The molecule has 1 amide bonds. The Kier molecular flexibility index (Phi) is 5.79. The first kappa shape index (κ1) is 17.8. The summed E-state index contributed by atoms with van der Waals surface area (Å²) in [6.45, 7) is 4.13. The predicted molar refractivity (Wildman–Crippen MR) is 95.7 cm³/mol. The molecule has 24 heavy (non-hydrogen) atoms. The van der Waals surface area contributed by atoms with Crippen molar-refractivity contribution >= 4 is 28.3 Å². The molecule has 128 valence electrons. The largest absolute Gasteiger partial charge is 0.467 e. The number of amides is 1. The van der Waals surface area contributed by atoms with E-state index in [1.807, 2.05) is 24.3 Å². The second-order valence-electron chi connectivity index (χ2n) is 6.31. The summed E-state index contributed by atoms with van der Waals surface area (Å²) < 4.78 is 4.80. The Morgan fingerprint density at radius 2 is 1.75 bits per heavy atom. The molecule has 0 heterocycles. The Balaban J connectivity index is 2.22. The minimum atomic E-state index is -0.671. The zero-order valence-corrected chi connectivity index (χ0v) is 14.3. The Bertz CT molecular complexity index is 740. The molecule has 0 saturated carbocycles. The summed E-state index contributed by atoms with van der Waals surface area (Å²) in [6.07, 6.45) is 1.34. The van der Waals surface area contributed by atoms with Crippen LogP contribution < -0.4 is 11.1 Å². The molecule has 2 rings (SSSR count). The first-order valence-electron chi connectivity index (χ1n) is 8.09. The van der Waals surface area contributed by atoms with Crippen LogP contribution in [-0.2, 0) is 9.53 Å². The predicted octanol–water partition coefficient (Wildman–Crippen LogP) is 3.13. The van der Waals surface area contributed by atoms with Crippen LogP contribution in [-0.4, -0.2) is 25.0 Å². The van der Waals surface area contributed by atoms with Gasteiger partial charge in [0.25, 0.3) is 5.91 Å². The summed E-state index contributed by atoms with van der Waals surface area (Å²) in [4.78, 5) is 24.5. The van der Waals surface area contributed by atoms with Crippen LogP contribution in [0.25, 0.3) is 10.8 Å². The monoisotopic (exact) mass is 328 g/mol. The van der Waals surface area contributed by atoms with Crippen molar-refractivity contribution in [3.63, 3.8) is 0 Å². The van der Waals surface area contributed by atoms with Gasteiger partial charge in [0.15, 0.2) is 0 Å². The molecule has 0 aliphatic heterocycles. The first-order chi connectivity index (χ1) is 11.4. The smallest absolute Gasteiger partial charge is 0.328 e. The zero-order chi connectivity index (χ0) is 17.7. The SMILES string of the molecule is COC(=O)C(CCC(C)C)NC(=O)c1cc2ccccc2cc1N. The van der Waals surface area contributed by atoms with E-state index in [2.05, 4.69) is 19.2 Å². The van der Waals surface area contributed by atoms with Crippen LogP contribution >= 0.6 is 0 Å². The molecule has 0 spiro atoms. The van der Waals surface area contributed by atoms with Crippen molar-refractivity contribution in [2.24, 2.45) is 5.92 Å². The fourth-order valence-corrected chi connectivity index (χ4v) is 2.58. The van der Waals surface area contributed by atoms with Crippen molar-refractivity contribution < 1.29 is 14.3 Å². The van der Waals surface area contributed by atoms with Gasteiger partial charge in [-0.15, -0.1) is 0 Å². The lowest BCUT2D eigenvalue weighted by molar-refractivity contribution is -0.143. The van der Waals surface area contributed by atoms with Gasteiger partial charge in [-0.2, -0.15) is 0 Å². The van der Waals surface area contributed by atoms with Crippen LogP contribution in [0.3, 0.4) is 0 Å². The average Bonchev–Trinajstić information content (AvgIpc) is 2.56. The third kappa shape index (κ3) is 4.25. The molecule has 1 unspecified atom stereocenters. The lowest BCUT2D eigenvalue weighted by atomic mass is 10.0. The van der Waals surface area contributed by atoms with E-state index in [9.17, 15) is 9.59 Å². The van der Waals surface area contributed by atoms with Crippen LogP contribution in [0.15, 0.2) is 36.4 Å². The first-order valence-corrected chi connectivity index (χ1v) is 8.09. The number of hydrogen-bond donors (Lipinski definition) is 2. The molecule has 0 radical (unpaired) electrons. The van der Waals surface area contributed by atoms with E-state index in [1.165, 1.54) is 7.11 Å². The van der Waals surface area contributed by atoms with Crippen LogP contribution in [0.4, 0.5) is 5.69 Å². The van der Waals surface area contributed by atoms with Crippen molar-refractivity contribution in [2.75, 3.05) is 12.8 Å². The zero-order valence-electron chi connectivity index (χ0n) is 14.3. The second kappa shape index (κ2) is 7.81. The number of methoxy groups -OCH3 is 1. The van der Waals surface area contributed by atoms with Crippen molar-refractivity contribution in [3.8, 4) is 0 Å². The second-order valence-corrected chi connectivity index (χ2v) is 6.31. The highest BCUT2D eigenvalue weighted by atomic mass is 16.5. The van der Waals surface area contributed by atoms with Gasteiger partial charge in [-0.1, -0.05) is 38.1 Å². The van der Waals surface area contributed by atoms with E-state index in [0.29, 0.717) is 23.6 Å². The summed E-state index contributed by atoms with van der Waals surface area (Å²) in [5.74, 6) is -0.374. The maximum atomic E-state index is 12.6. The summed E-state index contributed by atoms with van der Waals surface area (Å²) in [6, 6.07) is 10.5. The summed E-state index contributed by atoms with van der Waals surface area (Å²) in [7, 11) is 1.32. The third-order valence-corrected chi connectivity index (χ3v) is 3.99. The maximum absolute atomic E-state index is 12.6. The highest BCUT2D eigenvalue weighted by Gasteiger charge is 2.23. The molecule has 2 aromatic carbocycles. The van der Waals surface area contributed by atoms with Crippen LogP contribution in [0.2, 0.25) is 0 Å². The molecular formula is C19H24N2O3. The molecule has 0 bridgehead atoms. The van der Waals surface area contributed by atoms with E-state index in [1.54, 1.807) is 12.1 Å². The van der Waals surface area contributed by atoms with Crippen molar-refractivity contribution in [3.05, 3.63) is 42.0 Å². The Hall–Kier alpha value is -2.56. The van der Waals surface area contributed by atoms with Gasteiger partial charge >= 0.3 is 5.97 Å². The fourth-order valence-electron chi connectivity index (χ4n) is 2.58. The van der Waals surface area contributed by atoms with Gasteiger partial charge in [0, 0.05) is 5.69 Å². The molecule has 5 heteroatoms. The summed E-state index contributed by atoms with van der Waals surface area (Å²) >= 11 is 0. The fraction of sp³-hybridized carbons (Fsp3) is 0.368. The molecule has 2 aromatic rings. The van der Waals surface area contributed by atoms with Crippen molar-refractivity contribution in [2.45, 2.75) is 32.7 Å². The van der Waals surface area contributed by atoms with Gasteiger partial charge in [-0.05, 0) is 41.7 Å². The Morgan fingerprint density at radius 1 is 1.12 bits per heavy atom. The van der Waals surface area contributed by atoms with E-state index in [-0.39, 0.29) is 5.91 Å². The van der Waals surface area contributed by atoms with E-state index < -0.39 is 12.0 Å². The van der Waals surface area contributed by atoms with Gasteiger partial charge in [-0.25, -0.2) is 4.79 Å². The Morgan fingerprint density at radius 3 is 2.33 bits per heavy atom. The number of esters is 1. The van der Waals surface area contributed by atoms with Crippen LogP contribution in [0, 0.1) is 5.92 Å². The van der Waals surface area contributed by atoms with Gasteiger partial charge in [-0.3, -0.25) is 4.79 Å². The Labute approximate surface area is 142 Å². The number of fused-ring (bicyclic) bond motifs is 1. The van der Waals surface area contributed by atoms with E-state index in [4.69, 9.17) is 10.5 Å². The van der Waals surface area contributed by atoms with Crippen molar-refractivity contribution in [1.82, 2.24) is 5.32 Å². The average molecular weight is 328 g/mol. The highest BCUT2D eigenvalue weighted by molar-refractivity contribution is 6.05. The molecule has 1 atom stereocenters.